The minimum atomic E-state index is 0.189. The third kappa shape index (κ3) is 5.21. The fraction of sp³-hybridized carbons (Fsp3) is 0.188. The van der Waals surface area contributed by atoms with Gasteiger partial charge < -0.3 is 9.73 Å². The lowest BCUT2D eigenvalue weighted by Crippen LogP contribution is -2.38. The molecule has 0 unspecified atom stereocenters. The molecule has 1 saturated heterocycles. The molecule has 9 heteroatoms. The number of nitriles is 1. The highest BCUT2D eigenvalue weighted by molar-refractivity contribution is 5.93. The minimum absolute atomic E-state index is 0.189. The Morgan fingerprint density at radius 3 is 2.32 bits per heavy atom. The quantitative estimate of drug-likeness (QED) is 0.279. The summed E-state index contributed by atoms with van der Waals surface area (Å²) in [6, 6.07) is 26.8. The Balaban J connectivity index is 1.09. The Bertz CT molecular complexity index is 1870. The number of fused-ring (bicyclic) bond motifs is 2. The third-order valence-electron chi connectivity index (χ3n) is 7.49. The number of nitrogens with one attached hydrogen (secondary N) is 1. The number of aromatic nitrogens is 5. The van der Waals surface area contributed by atoms with E-state index in [2.05, 4.69) is 61.6 Å². The Kier molecular flexibility index (Phi) is 6.51. The van der Waals surface area contributed by atoms with Gasteiger partial charge in [-0.2, -0.15) is 5.26 Å². The van der Waals surface area contributed by atoms with Gasteiger partial charge >= 0.3 is 0 Å². The van der Waals surface area contributed by atoms with Gasteiger partial charge in [0.2, 0.25) is 5.82 Å². The number of hydrogen-bond donors (Lipinski definition) is 1. The molecule has 6 aromatic rings. The van der Waals surface area contributed by atoms with E-state index in [9.17, 15) is 0 Å². The van der Waals surface area contributed by atoms with Gasteiger partial charge in [-0.3, -0.25) is 4.90 Å². The maximum absolute atomic E-state index is 9.04. The van der Waals surface area contributed by atoms with Crippen molar-refractivity contribution in [2.75, 3.05) is 18.4 Å². The van der Waals surface area contributed by atoms with Crippen LogP contribution in [0.3, 0.4) is 0 Å². The van der Waals surface area contributed by atoms with Crippen molar-refractivity contribution in [2.24, 2.45) is 0 Å². The van der Waals surface area contributed by atoms with Crippen LogP contribution in [0.4, 0.5) is 5.82 Å². The predicted molar refractivity (Wildman–Crippen MR) is 157 cm³/mol. The summed E-state index contributed by atoms with van der Waals surface area (Å²) in [6.45, 7) is 2.86. The van der Waals surface area contributed by atoms with Crippen LogP contribution in [0.2, 0.25) is 0 Å². The van der Waals surface area contributed by atoms with Gasteiger partial charge in [-0.15, -0.1) is 0 Å². The highest BCUT2D eigenvalue weighted by Crippen LogP contribution is 2.32. The number of oxazole rings is 1. The van der Waals surface area contributed by atoms with Crippen LogP contribution in [0.1, 0.15) is 24.2 Å². The van der Waals surface area contributed by atoms with Crippen LogP contribution in [0.15, 0.2) is 89.8 Å². The zero-order valence-electron chi connectivity index (χ0n) is 22.2. The molecule has 1 aliphatic rings. The molecule has 3 aromatic carbocycles. The van der Waals surface area contributed by atoms with E-state index in [1.807, 2.05) is 42.5 Å². The van der Waals surface area contributed by atoms with Crippen LogP contribution in [0.5, 0.6) is 0 Å². The summed E-state index contributed by atoms with van der Waals surface area (Å²) in [7, 11) is 0. The molecule has 4 heterocycles. The summed E-state index contributed by atoms with van der Waals surface area (Å²) in [4.78, 5) is 25.0. The van der Waals surface area contributed by atoms with Crippen LogP contribution in [-0.2, 0) is 6.54 Å². The first-order valence-electron chi connectivity index (χ1n) is 13.6. The Morgan fingerprint density at radius 1 is 0.829 bits per heavy atom. The van der Waals surface area contributed by atoms with Crippen molar-refractivity contribution < 1.29 is 4.42 Å². The second kappa shape index (κ2) is 10.8. The van der Waals surface area contributed by atoms with Gasteiger partial charge in [0.1, 0.15) is 17.4 Å². The van der Waals surface area contributed by atoms with Gasteiger partial charge in [0.15, 0.2) is 12.0 Å². The molecule has 0 amide bonds. The van der Waals surface area contributed by atoms with E-state index in [0.717, 1.165) is 71.5 Å². The first-order chi connectivity index (χ1) is 20.2. The SMILES string of the molecule is N#Cc1nccc(NC2CCN(Cc3ccc(-c4nc5cc6ncoc6cc5nc4-c4ccccc4)cc3)CC2)n1. The number of likely N-dealkylation sites (tertiary alicyclic amines) is 1. The number of piperidine rings is 1. The molecule has 0 spiro atoms. The van der Waals surface area contributed by atoms with E-state index in [0.29, 0.717) is 17.4 Å². The normalized spacial score (nSPS) is 14.3. The zero-order chi connectivity index (χ0) is 27.6. The van der Waals surface area contributed by atoms with Crippen LogP contribution >= 0.6 is 0 Å². The molecule has 1 fully saturated rings. The predicted octanol–water partition coefficient (Wildman–Crippen LogP) is 5.84. The van der Waals surface area contributed by atoms with Crippen molar-refractivity contribution in [1.82, 2.24) is 29.8 Å². The van der Waals surface area contributed by atoms with Crippen molar-refractivity contribution >= 4 is 28.0 Å². The van der Waals surface area contributed by atoms with Crippen molar-refractivity contribution in [3.05, 3.63) is 96.8 Å². The summed E-state index contributed by atoms with van der Waals surface area (Å²) in [5, 5.41) is 12.5. The summed E-state index contributed by atoms with van der Waals surface area (Å²) in [5.41, 5.74) is 8.00. The number of anilines is 1. The topological polar surface area (TPSA) is 117 Å². The molecule has 9 nitrogen and oxygen atoms in total. The number of nitrogens with zero attached hydrogens (tertiary/aromatic N) is 7. The standard InChI is InChI=1S/C32H26N8O/c33-18-30-34-13-10-29(39-30)36-24-11-14-40(15-12-24)19-21-6-8-23(9-7-21)32-31(22-4-2-1-3-5-22)38-26-17-28-27(35-20-41-28)16-25(26)37-32/h1-10,13,16-17,20,24H,11-12,14-15,19H2,(H,34,36,39). The van der Waals surface area contributed by atoms with Gasteiger partial charge in [0.25, 0.3) is 0 Å². The van der Waals surface area contributed by atoms with Crippen LogP contribution < -0.4 is 5.32 Å². The fourth-order valence-electron chi connectivity index (χ4n) is 5.37. The number of hydrogen-bond acceptors (Lipinski definition) is 9. The summed E-state index contributed by atoms with van der Waals surface area (Å²) < 4.78 is 5.50. The van der Waals surface area contributed by atoms with Crippen LogP contribution in [0, 0.1) is 11.3 Å². The largest absolute Gasteiger partial charge is 0.443 e. The average Bonchev–Trinajstić information content (AvgIpc) is 3.48. The van der Waals surface area contributed by atoms with Crippen molar-refractivity contribution in [3.63, 3.8) is 0 Å². The monoisotopic (exact) mass is 538 g/mol. The number of rotatable bonds is 6. The van der Waals surface area contributed by atoms with E-state index < -0.39 is 0 Å². The molecule has 0 aliphatic carbocycles. The summed E-state index contributed by atoms with van der Waals surface area (Å²) in [5.74, 6) is 0.899. The van der Waals surface area contributed by atoms with Crippen LogP contribution in [-0.4, -0.2) is 49.0 Å². The Labute approximate surface area is 236 Å². The lowest BCUT2D eigenvalue weighted by atomic mass is 10.0. The lowest BCUT2D eigenvalue weighted by Gasteiger charge is -2.32. The molecule has 0 atom stereocenters. The van der Waals surface area contributed by atoms with Gasteiger partial charge in [-0.1, -0.05) is 54.6 Å². The van der Waals surface area contributed by atoms with Gasteiger partial charge in [-0.25, -0.2) is 24.9 Å². The minimum Gasteiger partial charge on any atom is -0.443 e. The highest BCUT2D eigenvalue weighted by atomic mass is 16.3. The molecule has 3 aromatic heterocycles. The van der Waals surface area contributed by atoms with E-state index in [4.69, 9.17) is 19.6 Å². The van der Waals surface area contributed by atoms with E-state index in [1.165, 1.54) is 12.0 Å². The molecule has 0 saturated carbocycles. The zero-order valence-corrected chi connectivity index (χ0v) is 22.2. The van der Waals surface area contributed by atoms with Crippen LogP contribution in [0.25, 0.3) is 44.6 Å². The summed E-state index contributed by atoms with van der Waals surface area (Å²) in [6.07, 6.45) is 5.09. The molecule has 41 heavy (non-hydrogen) atoms. The molecule has 0 bridgehead atoms. The van der Waals surface area contributed by atoms with Crippen molar-refractivity contribution in [3.8, 4) is 28.6 Å². The Morgan fingerprint density at radius 2 is 1.56 bits per heavy atom. The van der Waals surface area contributed by atoms with Gasteiger partial charge in [-0.05, 0) is 30.5 Å². The summed E-state index contributed by atoms with van der Waals surface area (Å²) >= 11 is 0. The first kappa shape index (κ1) is 24.8. The second-order valence-electron chi connectivity index (χ2n) is 10.2. The van der Waals surface area contributed by atoms with E-state index in [1.54, 1.807) is 6.20 Å². The Hall–Kier alpha value is -5.20. The molecular formula is C32H26N8O. The van der Waals surface area contributed by atoms with Gasteiger partial charge in [0.05, 0.1) is 22.4 Å². The fourth-order valence-corrected chi connectivity index (χ4v) is 5.37. The lowest BCUT2D eigenvalue weighted by molar-refractivity contribution is 0.211. The van der Waals surface area contributed by atoms with Crippen molar-refractivity contribution in [2.45, 2.75) is 25.4 Å². The first-order valence-corrected chi connectivity index (χ1v) is 13.6. The second-order valence-corrected chi connectivity index (χ2v) is 10.2. The highest BCUT2D eigenvalue weighted by Gasteiger charge is 2.20. The van der Waals surface area contributed by atoms with E-state index >= 15 is 0 Å². The number of benzene rings is 3. The van der Waals surface area contributed by atoms with Crippen molar-refractivity contribution in [1.29, 1.82) is 5.26 Å². The smallest absolute Gasteiger partial charge is 0.234 e. The maximum Gasteiger partial charge on any atom is 0.234 e. The average molecular weight is 539 g/mol. The molecule has 1 N–H and O–H groups in total. The molecule has 1 aliphatic heterocycles. The molecule has 7 rings (SSSR count). The van der Waals surface area contributed by atoms with Gasteiger partial charge in [0, 0.05) is 49.1 Å². The molecule has 0 radical (unpaired) electrons. The third-order valence-corrected chi connectivity index (χ3v) is 7.49. The molecular weight excluding hydrogens is 512 g/mol. The maximum atomic E-state index is 9.04. The molecule has 200 valence electrons. The van der Waals surface area contributed by atoms with E-state index in [-0.39, 0.29) is 5.82 Å².